The van der Waals surface area contributed by atoms with Crippen LogP contribution in [0.5, 0.6) is 5.75 Å². The summed E-state index contributed by atoms with van der Waals surface area (Å²) in [5, 5.41) is 5.98. The normalized spacial score (nSPS) is 12.5. The van der Waals surface area contributed by atoms with Crippen LogP contribution in [0.3, 0.4) is 0 Å². The number of benzene rings is 4. The molecule has 21 heavy (non-hydrogen) atoms. The fourth-order valence-corrected chi connectivity index (χ4v) is 3.33. The molecule has 0 atom stereocenters. The van der Waals surface area contributed by atoms with Crippen molar-refractivity contribution in [3.8, 4) is 5.75 Å². The highest BCUT2D eigenvalue weighted by Gasteiger charge is 2.19. The summed E-state index contributed by atoms with van der Waals surface area (Å²) >= 11 is 0. The quantitative estimate of drug-likeness (QED) is 0.432. The third-order valence-electron chi connectivity index (χ3n) is 3.71. The Hall–Kier alpha value is -2.13. The SMILES string of the molecule is O=P(O)(O)Oc1ccc2ccc3cccc4ccc1c2c34. The Morgan fingerprint density at radius 3 is 2.00 bits per heavy atom. The molecule has 0 saturated carbocycles. The largest absolute Gasteiger partial charge is 0.524 e. The van der Waals surface area contributed by atoms with Gasteiger partial charge < -0.3 is 4.52 Å². The summed E-state index contributed by atoms with van der Waals surface area (Å²) in [7, 11) is -4.58. The average molecular weight is 298 g/mol. The third kappa shape index (κ3) is 1.96. The Labute approximate surface area is 120 Å². The molecule has 4 rings (SSSR count). The van der Waals surface area contributed by atoms with Crippen LogP contribution in [0.15, 0.2) is 54.6 Å². The molecule has 0 unspecified atom stereocenters. The number of rotatable bonds is 2. The molecule has 2 N–H and O–H groups in total. The van der Waals surface area contributed by atoms with Crippen molar-refractivity contribution >= 4 is 40.1 Å². The Morgan fingerprint density at radius 2 is 1.33 bits per heavy atom. The Kier molecular flexibility index (Phi) is 2.51. The van der Waals surface area contributed by atoms with Crippen LogP contribution in [0, 0.1) is 0 Å². The first-order chi connectivity index (χ1) is 10.0. The standard InChI is InChI=1S/C16H11O4P/c17-21(18,19)20-14-9-7-12-5-4-10-2-1-3-11-6-8-13(14)16(12)15(10)11/h1-9H,(H2,17,18,19). The zero-order chi connectivity index (χ0) is 14.6. The molecular weight excluding hydrogens is 287 g/mol. The van der Waals surface area contributed by atoms with Gasteiger partial charge in [-0.3, -0.25) is 9.79 Å². The lowest BCUT2D eigenvalue weighted by molar-refractivity contribution is 0.284. The summed E-state index contributed by atoms with van der Waals surface area (Å²) in [5.74, 6) is 0.203. The lowest BCUT2D eigenvalue weighted by Gasteiger charge is -2.14. The van der Waals surface area contributed by atoms with Crippen LogP contribution < -0.4 is 4.52 Å². The van der Waals surface area contributed by atoms with Crippen LogP contribution in [0.2, 0.25) is 0 Å². The molecule has 0 aromatic heterocycles. The van der Waals surface area contributed by atoms with Gasteiger partial charge in [-0.2, -0.15) is 0 Å². The molecule has 5 heteroatoms. The van der Waals surface area contributed by atoms with E-state index in [0.717, 1.165) is 26.9 Å². The predicted octanol–water partition coefficient (Wildman–Crippen LogP) is 4.06. The molecule has 104 valence electrons. The highest BCUT2D eigenvalue weighted by molar-refractivity contribution is 7.46. The van der Waals surface area contributed by atoms with Crippen LogP contribution in [-0.4, -0.2) is 9.79 Å². The second-order valence-corrected chi connectivity index (χ2v) is 6.17. The summed E-state index contributed by atoms with van der Waals surface area (Å²) in [6.45, 7) is 0. The molecule has 0 bridgehead atoms. The maximum atomic E-state index is 11.1. The molecule has 0 radical (unpaired) electrons. The average Bonchev–Trinajstić information content (AvgIpc) is 2.45. The molecule has 4 nitrogen and oxygen atoms in total. The van der Waals surface area contributed by atoms with Gasteiger partial charge in [0.2, 0.25) is 0 Å². The summed E-state index contributed by atoms with van der Waals surface area (Å²) < 4.78 is 16.0. The predicted molar refractivity (Wildman–Crippen MR) is 82.8 cm³/mol. The number of hydrogen-bond donors (Lipinski definition) is 2. The van der Waals surface area contributed by atoms with Gasteiger partial charge in [0.25, 0.3) is 0 Å². The van der Waals surface area contributed by atoms with E-state index in [1.54, 1.807) is 6.07 Å². The van der Waals surface area contributed by atoms with Gasteiger partial charge in [-0.15, -0.1) is 0 Å². The lowest BCUT2D eigenvalue weighted by Crippen LogP contribution is -1.92. The van der Waals surface area contributed by atoms with Gasteiger partial charge in [-0.25, -0.2) is 4.57 Å². The van der Waals surface area contributed by atoms with Crippen molar-refractivity contribution in [1.82, 2.24) is 0 Å². The van der Waals surface area contributed by atoms with Crippen molar-refractivity contribution in [2.75, 3.05) is 0 Å². The van der Waals surface area contributed by atoms with E-state index in [4.69, 9.17) is 14.3 Å². The first-order valence-corrected chi connectivity index (χ1v) is 7.98. The van der Waals surface area contributed by atoms with E-state index in [-0.39, 0.29) is 5.75 Å². The number of phosphoric ester groups is 1. The van der Waals surface area contributed by atoms with Crippen molar-refractivity contribution < 1.29 is 18.9 Å². The van der Waals surface area contributed by atoms with E-state index in [1.165, 1.54) is 0 Å². The van der Waals surface area contributed by atoms with Gasteiger partial charge in [0, 0.05) is 10.8 Å². The smallest absolute Gasteiger partial charge is 0.404 e. The second kappa shape index (κ2) is 4.18. The van der Waals surface area contributed by atoms with E-state index in [1.807, 2.05) is 48.5 Å². The monoisotopic (exact) mass is 298 g/mol. The Bertz CT molecular complexity index is 1000. The third-order valence-corrected chi connectivity index (χ3v) is 4.14. The van der Waals surface area contributed by atoms with E-state index in [0.29, 0.717) is 5.39 Å². The molecular formula is C16H11O4P. The summed E-state index contributed by atoms with van der Waals surface area (Å²) in [6.07, 6.45) is 0. The van der Waals surface area contributed by atoms with Crippen LogP contribution in [0.25, 0.3) is 32.3 Å². The topological polar surface area (TPSA) is 66.8 Å². The van der Waals surface area contributed by atoms with Gasteiger partial charge in [-0.05, 0) is 33.7 Å². The van der Waals surface area contributed by atoms with Crippen molar-refractivity contribution in [2.24, 2.45) is 0 Å². The van der Waals surface area contributed by atoms with E-state index >= 15 is 0 Å². The second-order valence-electron chi connectivity index (χ2n) is 5.00. The Balaban J connectivity index is 2.18. The van der Waals surface area contributed by atoms with Crippen LogP contribution in [0.4, 0.5) is 0 Å². The first-order valence-electron chi connectivity index (χ1n) is 6.45. The minimum absolute atomic E-state index is 0.203. The van der Waals surface area contributed by atoms with Gasteiger partial charge in [-0.1, -0.05) is 42.5 Å². The molecule has 0 aliphatic rings. The van der Waals surface area contributed by atoms with Gasteiger partial charge in [0.1, 0.15) is 5.75 Å². The van der Waals surface area contributed by atoms with Crippen molar-refractivity contribution in [3.05, 3.63) is 54.6 Å². The first kappa shape index (κ1) is 12.6. The molecule has 0 fully saturated rings. The van der Waals surface area contributed by atoms with Gasteiger partial charge >= 0.3 is 7.82 Å². The zero-order valence-corrected chi connectivity index (χ0v) is 11.7. The molecule has 0 saturated heterocycles. The van der Waals surface area contributed by atoms with Crippen molar-refractivity contribution in [1.29, 1.82) is 0 Å². The van der Waals surface area contributed by atoms with E-state index < -0.39 is 7.82 Å². The van der Waals surface area contributed by atoms with Gasteiger partial charge in [0.15, 0.2) is 0 Å². The van der Waals surface area contributed by atoms with Crippen LogP contribution in [-0.2, 0) is 4.57 Å². The van der Waals surface area contributed by atoms with Crippen molar-refractivity contribution in [2.45, 2.75) is 0 Å². The van der Waals surface area contributed by atoms with Crippen molar-refractivity contribution in [3.63, 3.8) is 0 Å². The minimum Gasteiger partial charge on any atom is -0.404 e. The molecule has 4 aromatic carbocycles. The highest BCUT2D eigenvalue weighted by atomic mass is 31.2. The molecule has 0 aliphatic carbocycles. The molecule has 0 aliphatic heterocycles. The maximum absolute atomic E-state index is 11.1. The fraction of sp³-hybridized carbons (Fsp3) is 0. The van der Waals surface area contributed by atoms with Gasteiger partial charge in [0.05, 0.1) is 0 Å². The van der Waals surface area contributed by atoms with Crippen LogP contribution in [0.1, 0.15) is 0 Å². The lowest BCUT2D eigenvalue weighted by atomic mass is 9.94. The molecule has 0 heterocycles. The van der Waals surface area contributed by atoms with E-state index in [9.17, 15) is 4.57 Å². The molecule has 0 amide bonds. The summed E-state index contributed by atoms with van der Waals surface area (Å²) in [4.78, 5) is 18.1. The summed E-state index contributed by atoms with van der Waals surface area (Å²) in [5.41, 5.74) is 0. The number of phosphoric acid groups is 1. The molecule has 0 spiro atoms. The highest BCUT2D eigenvalue weighted by Crippen LogP contribution is 2.44. The Morgan fingerprint density at radius 1 is 0.762 bits per heavy atom. The fourth-order valence-electron chi connectivity index (χ4n) is 2.92. The maximum Gasteiger partial charge on any atom is 0.524 e. The summed E-state index contributed by atoms with van der Waals surface area (Å²) in [6, 6.07) is 17.3. The minimum atomic E-state index is -4.58. The number of hydrogen-bond acceptors (Lipinski definition) is 2. The van der Waals surface area contributed by atoms with Crippen LogP contribution >= 0.6 is 7.82 Å². The zero-order valence-electron chi connectivity index (χ0n) is 10.9. The molecule has 4 aromatic rings. The van der Waals surface area contributed by atoms with E-state index in [2.05, 4.69) is 0 Å².